The normalized spacial score (nSPS) is 12.4. The highest BCUT2D eigenvalue weighted by Crippen LogP contribution is 2.26. The maximum absolute atomic E-state index is 5.92. The van der Waals surface area contributed by atoms with Crippen molar-refractivity contribution in [1.82, 2.24) is 5.32 Å². The molecule has 0 fully saturated rings. The van der Waals surface area contributed by atoms with Crippen LogP contribution in [0.5, 0.6) is 5.75 Å². The van der Waals surface area contributed by atoms with Gasteiger partial charge >= 0.3 is 0 Å². The highest BCUT2D eigenvalue weighted by atomic mass is 79.9. The maximum Gasteiger partial charge on any atom is 0.120 e. The molecule has 0 amide bonds. The van der Waals surface area contributed by atoms with Crippen molar-refractivity contribution in [1.29, 1.82) is 0 Å². The van der Waals surface area contributed by atoms with Gasteiger partial charge in [0.2, 0.25) is 0 Å². The van der Waals surface area contributed by atoms with Gasteiger partial charge in [-0.3, -0.25) is 0 Å². The van der Waals surface area contributed by atoms with Gasteiger partial charge in [0.05, 0.1) is 4.34 Å². The Labute approximate surface area is 130 Å². The average molecular weight is 361 g/mol. The van der Waals surface area contributed by atoms with E-state index in [1.165, 1.54) is 4.88 Å². The number of hydrogen-bond acceptors (Lipinski definition) is 3. The summed E-state index contributed by atoms with van der Waals surface area (Å²) in [5.41, 5.74) is 0. The van der Waals surface area contributed by atoms with Crippen LogP contribution in [0.4, 0.5) is 0 Å². The van der Waals surface area contributed by atoms with E-state index in [2.05, 4.69) is 34.2 Å². The van der Waals surface area contributed by atoms with Crippen molar-refractivity contribution in [3.63, 3.8) is 0 Å². The van der Waals surface area contributed by atoms with Crippen molar-refractivity contribution < 1.29 is 4.74 Å². The molecule has 2 aromatic rings. The minimum absolute atomic E-state index is 0.295. The van der Waals surface area contributed by atoms with Gasteiger partial charge in [0.25, 0.3) is 0 Å². The van der Waals surface area contributed by atoms with Gasteiger partial charge in [0, 0.05) is 21.9 Å². The molecule has 0 spiro atoms. The van der Waals surface area contributed by atoms with Gasteiger partial charge in [0.1, 0.15) is 12.4 Å². The third-order valence-corrected chi connectivity index (χ3v) is 4.55. The predicted molar refractivity (Wildman–Crippen MR) is 85.4 cm³/mol. The fraction of sp³-hybridized carbons (Fsp3) is 0.286. The Morgan fingerprint density at radius 2 is 2.21 bits per heavy atom. The number of rotatable bonds is 6. The lowest BCUT2D eigenvalue weighted by atomic mass is 10.3. The molecule has 1 N–H and O–H groups in total. The van der Waals surface area contributed by atoms with E-state index in [0.717, 1.165) is 21.1 Å². The summed E-state index contributed by atoms with van der Waals surface area (Å²) in [6, 6.07) is 12.1. The molecule has 1 heterocycles. The molecule has 0 saturated carbocycles. The Morgan fingerprint density at radius 1 is 1.37 bits per heavy atom. The van der Waals surface area contributed by atoms with E-state index in [4.69, 9.17) is 16.3 Å². The molecule has 2 nitrogen and oxygen atoms in total. The van der Waals surface area contributed by atoms with E-state index in [9.17, 15) is 0 Å². The molecule has 0 aliphatic carbocycles. The average Bonchev–Trinajstić information content (AvgIpc) is 2.81. The molecule has 5 heteroatoms. The van der Waals surface area contributed by atoms with Crippen LogP contribution in [0.1, 0.15) is 17.8 Å². The zero-order valence-electron chi connectivity index (χ0n) is 10.5. The van der Waals surface area contributed by atoms with E-state index >= 15 is 0 Å². The summed E-state index contributed by atoms with van der Waals surface area (Å²) in [5, 5.41) is 3.41. The first-order valence-corrected chi connectivity index (χ1v) is 8.01. The quantitative estimate of drug-likeness (QED) is 0.740. The van der Waals surface area contributed by atoms with Crippen LogP contribution in [0.3, 0.4) is 0 Å². The summed E-state index contributed by atoms with van der Waals surface area (Å²) in [4.78, 5) is 1.24. The van der Waals surface area contributed by atoms with Gasteiger partial charge in [-0.15, -0.1) is 11.3 Å². The topological polar surface area (TPSA) is 21.3 Å². The second-order valence-corrected chi connectivity index (χ2v) is 6.79. The largest absolute Gasteiger partial charge is 0.492 e. The molecule has 1 atom stereocenters. The molecule has 102 valence electrons. The molecule has 1 unspecified atom stereocenters. The number of nitrogens with one attached hydrogen (secondary N) is 1. The Balaban J connectivity index is 1.72. The predicted octanol–water partition coefficient (Wildman–Crippen LogP) is 4.89. The number of benzene rings is 1. The molecular weight excluding hydrogens is 346 g/mol. The van der Waals surface area contributed by atoms with Crippen LogP contribution in [-0.4, -0.2) is 13.2 Å². The first-order valence-electron chi connectivity index (χ1n) is 6.02. The van der Waals surface area contributed by atoms with Gasteiger partial charge < -0.3 is 10.1 Å². The molecular formula is C14H15BrClNOS. The standard InChI is InChI=1S/C14H15BrClNOS/c1-10(13-5-6-14(16)19-13)17-7-8-18-12-4-2-3-11(15)9-12/h2-6,9-10,17H,7-8H2,1H3. The van der Waals surface area contributed by atoms with E-state index < -0.39 is 0 Å². The molecule has 0 radical (unpaired) electrons. The third-order valence-electron chi connectivity index (χ3n) is 2.64. The maximum atomic E-state index is 5.92. The Bertz CT molecular complexity index is 532. The lowest BCUT2D eigenvalue weighted by Crippen LogP contribution is -2.23. The van der Waals surface area contributed by atoms with Gasteiger partial charge in [0.15, 0.2) is 0 Å². The smallest absolute Gasteiger partial charge is 0.120 e. The SMILES string of the molecule is CC(NCCOc1cccc(Br)c1)c1ccc(Cl)s1. The number of halogens is 2. The van der Waals surface area contributed by atoms with Crippen LogP contribution in [0, 0.1) is 0 Å². The number of ether oxygens (including phenoxy) is 1. The van der Waals surface area contributed by atoms with Gasteiger partial charge in [-0.1, -0.05) is 33.6 Å². The second-order valence-electron chi connectivity index (χ2n) is 4.12. The summed E-state index contributed by atoms with van der Waals surface area (Å²) in [6.07, 6.45) is 0. The van der Waals surface area contributed by atoms with Crippen molar-refractivity contribution in [2.24, 2.45) is 0 Å². The first-order chi connectivity index (χ1) is 9.15. The van der Waals surface area contributed by atoms with Crippen molar-refractivity contribution in [3.05, 3.63) is 50.1 Å². The van der Waals surface area contributed by atoms with Crippen molar-refractivity contribution in [3.8, 4) is 5.75 Å². The van der Waals surface area contributed by atoms with Crippen molar-refractivity contribution >= 4 is 38.9 Å². The molecule has 1 aromatic carbocycles. The first kappa shape index (κ1) is 14.9. The number of thiophene rings is 1. The van der Waals surface area contributed by atoms with Crippen LogP contribution >= 0.6 is 38.9 Å². The minimum Gasteiger partial charge on any atom is -0.492 e. The lowest BCUT2D eigenvalue weighted by Gasteiger charge is -2.12. The zero-order chi connectivity index (χ0) is 13.7. The van der Waals surface area contributed by atoms with Crippen molar-refractivity contribution in [2.45, 2.75) is 13.0 Å². The highest BCUT2D eigenvalue weighted by Gasteiger charge is 2.07. The molecule has 0 saturated heterocycles. The van der Waals surface area contributed by atoms with Crippen LogP contribution in [0.25, 0.3) is 0 Å². The summed E-state index contributed by atoms with van der Waals surface area (Å²) in [5.74, 6) is 0.878. The Kier molecular flexibility index (Phi) is 5.70. The molecule has 0 aliphatic rings. The molecule has 0 aliphatic heterocycles. The molecule has 2 rings (SSSR count). The summed E-state index contributed by atoms with van der Waals surface area (Å²) < 4.78 is 7.52. The molecule has 0 bridgehead atoms. The third kappa shape index (κ3) is 4.80. The highest BCUT2D eigenvalue weighted by molar-refractivity contribution is 9.10. The number of hydrogen-bond donors (Lipinski definition) is 1. The van der Waals surface area contributed by atoms with Crippen LogP contribution in [0.15, 0.2) is 40.9 Å². The van der Waals surface area contributed by atoms with E-state index in [1.807, 2.05) is 30.3 Å². The monoisotopic (exact) mass is 359 g/mol. The Hall–Kier alpha value is -0.550. The second kappa shape index (κ2) is 7.29. The van der Waals surface area contributed by atoms with E-state index in [-0.39, 0.29) is 0 Å². The molecule has 1 aromatic heterocycles. The van der Waals surface area contributed by atoms with Gasteiger partial charge in [-0.2, -0.15) is 0 Å². The minimum atomic E-state index is 0.295. The van der Waals surface area contributed by atoms with Crippen LogP contribution in [-0.2, 0) is 0 Å². The fourth-order valence-corrected chi connectivity index (χ4v) is 3.13. The lowest BCUT2D eigenvalue weighted by molar-refractivity contribution is 0.308. The van der Waals surface area contributed by atoms with Gasteiger partial charge in [-0.25, -0.2) is 0 Å². The van der Waals surface area contributed by atoms with Gasteiger partial charge in [-0.05, 0) is 37.3 Å². The fourth-order valence-electron chi connectivity index (χ4n) is 1.66. The van der Waals surface area contributed by atoms with Crippen molar-refractivity contribution in [2.75, 3.05) is 13.2 Å². The molecule has 19 heavy (non-hydrogen) atoms. The van der Waals surface area contributed by atoms with Crippen LogP contribution < -0.4 is 10.1 Å². The van der Waals surface area contributed by atoms with Crippen LogP contribution in [0.2, 0.25) is 4.34 Å². The van der Waals surface area contributed by atoms with E-state index in [0.29, 0.717) is 12.6 Å². The summed E-state index contributed by atoms with van der Waals surface area (Å²) in [7, 11) is 0. The van der Waals surface area contributed by atoms with E-state index in [1.54, 1.807) is 11.3 Å². The zero-order valence-corrected chi connectivity index (χ0v) is 13.7. The summed E-state index contributed by atoms with van der Waals surface area (Å²) in [6.45, 7) is 3.56. The Morgan fingerprint density at radius 3 is 2.89 bits per heavy atom. The summed E-state index contributed by atoms with van der Waals surface area (Å²) >= 11 is 11.0.